The molecule has 1 atom stereocenters. The lowest BCUT2D eigenvalue weighted by molar-refractivity contribution is 0.791. The van der Waals surface area contributed by atoms with Gasteiger partial charge in [-0.05, 0) is 50.1 Å². The number of hydrogen-bond acceptors (Lipinski definition) is 4. The minimum absolute atomic E-state index is 0.547. The Morgan fingerprint density at radius 1 is 0.426 bits per heavy atom. The van der Waals surface area contributed by atoms with Gasteiger partial charge in [0.05, 0.1) is 5.41 Å². The summed E-state index contributed by atoms with van der Waals surface area (Å²) in [5.74, 6) is 1.93. The molecule has 54 heavy (non-hydrogen) atoms. The molecule has 254 valence electrons. The molecule has 2 heterocycles. The Kier molecular flexibility index (Phi) is 7.53. The second kappa shape index (κ2) is 12.7. The third kappa shape index (κ3) is 4.70. The van der Waals surface area contributed by atoms with Gasteiger partial charge in [-0.25, -0.2) is 15.0 Å². The molecule has 4 heteroatoms. The molecule has 0 N–H and O–H groups in total. The topological polar surface area (TPSA) is 38.7 Å². The van der Waals surface area contributed by atoms with Crippen LogP contribution in [0.3, 0.4) is 0 Å². The predicted octanol–water partition coefficient (Wildman–Crippen LogP) is 12.7. The molecule has 2 aliphatic rings. The maximum absolute atomic E-state index is 5.01. The van der Waals surface area contributed by atoms with E-state index in [1.807, 2.05) is 78.1 Å². The van der Waals surface area contributed by atoms with Gasteiger partial charge in [0.15, 0.2) is 17.5 Å². The fourth-order valence-corrected chi connectivity index (χ4v) is 9.88. The lowest BCUT2D eigenvalue weighted by Gasteiger charge is -2.32. The van der Waals surface area contributed by atoms with Gasteiger partial charge in [-0.15, -0.1) is 11.3 Å². The SMILES string of the molecule is C=CC1=C(C=C)C2(c3ccccc31)c1ccccc1-c1c(-c3ccccc3)sc(-c3ccc(-c4nc(-c5ccccc5)nc(-c5ccccc5)n4)cc3)c12. The highest BCUT2D eigenvalue weighted by Gasteiger charge is 2.54. The third-order valence-corrected chi connectivity index (χ3v) is 12.0. The quantitative estimate of drug-likeness (QED) is 0.166. The summed E-state index contributed by atoms with van der Waals surface area (Å²) in [6.07, 6.45) is 4.07. The maximum atomic E-state index is 5.01. The van der Waals surface area contributed by atoms with Crippen molar-refractivity contribution in [1.82, 2.24) is 15.0 Å². The van der Waals surface area contributed by atoms with Crippen LogP contribution in [0.15, 0.2) is 195 Å². The van der Waals surface area contributed by atoms with E-state index in [-0.39, 0.29) is 0 Å². The maximum Gasteiger partial charge on any atom is 0.164 e. The van der Waals surface area contributed by atoms with Crippen LogP contribution in [-0.4, -0.2) is 15.0 Å². The first-order chi connectivity index (χ1) is 26.7. The van der Waals surface area contributed by atoms with E-state index in [1.165, 1.54) is 54.3 Å². The summed E-state index contributed by atoms with van der Waals surface area (Å²) in [6.45, 7) is 8.75. The first-order valence-electron chi connectivity index (χ1n) is 18.1. The standard InChI is InChI=1S/C50H33N3S/c1-3-37-38-24-14-16-26-41(38)50(40(37)4-2)42-27-17-15-25-39(42)43-44(50)46(54-45(43)32-18-8-5-9-19-32)33-28-30-36(31-29-33)49-52-47(34-20-10-6-11-21-34)51-48(53-49)35-22-12-7-13-23-35/h3-31H,1-2H2. The predicted molar refractivity (Wildman–Crippen MR) is 224 cm³/mol. The van der Waals surface area contributed by atoms with Gasteiger partial charge in [-0.3, -0.25) is 0 Å². The van der Waals surface area contributed by atoms with E-state index >= 15 is 0 Å². The number of nitrogens with zero attached hydrogens (tertiary/aromatic N) is 3. The highest BCUT2D eigenvalue weighted by atomic mass is 32.1. The molecule has 0 aliphatic heterocycles. The van der Waals surface area contributed by atoms with Gasteiger partial charge < -0.3 is 0 Å². The van der Waals surface area contributed by atoms with Gasteiger partial charge in [0, 0.05) is 32.0 Å². The van der Waals surface area contributed by atoms with Crippen LogP contribution < -0.4 is 0 Å². The van der Waals surface area contributed by atoms with Crippen molar-refractivity contribution in [2.45, 2.75) is 5.41 Å². The molecule has 10 rings (SSSR count). The number of allylic oxidation sites excluding steroid dienone is 4. The van der Waals surface area contributed by atoms with E-state index in [2.05, 4.69) is 122 Å². The molecule has 1 unspecified atom stereocenters. The Balaban J connectivity index is 1.20. The van der Waals surface area contributed by atoms with Crippen LogP contribution in [0.2, 0.25) is 0 Å². The van der Waals surface area contributed by atoms with E-state index < -0.39 is 5.41 Å². The Labute approximate surface area is 319 Å². The number of benzene rings is 6. The molecule has 6 aromatic carbocycles. The zero-order chi connectivity index (χ0) is 36.2. The van der Waals surface area contributed by atoms with Crippen LogP contribution in [0.4, 0.5) is 0 Å². The number of aromatic nitrogens is 3. The third-order valence-electron chi connectivity index (χ3n) is 10.7. The van der Waals surface area contributed by atoms with E-state index in [0.717, 1.165) is 27.8 Å². The second-order valence-electron chi connectivity index (χ2n) is 13.6. The van der Waals surface area contributed by atoms with Gasteiger partial charge in [0.2, 0.25) is 0 Å². The van der Waals surface area contributed by atoms with Crippen LogP contribution in [-0.2, 0) is 5.41 Å². The van der Waals surface area contributed by atoms with Crippen LogP contribution >= 0.6 is 11.3 Å². The van der Waals surface area contributed by atoms with Crippen molar-refractivity contribution >= 4 is 16.9 Å². The average Bonchev–Trinajstić information content (AvgIpc) is 3.88. The molecule has 0 fully saturated rings. The smallest absolute Gasteiger partial charge is 0.164 e. The molecule has 0 radical (unpaired) electrons. The summed E-state index contributed by atoms with van der Waals surface area (Å²) in [5, 5.41) is 0. The minimum Gasteiger partial charge on any atom is -0.208 e. The largest absolute Gasteiger partial charge is 0.208 e. The van der Waals surface area contributed by atoms with Crippen LogP contribution in [0, 0.1) is 0 Å². The molecular formula is C50H33N3S. The summed E-state index contributed by atoms with van der Waals surface area (Å²) in [7, 11) is 0. The van der Waals surface area contributed by atoms with Crippen molar-refractivity contribution in [2.75, 3.05) is 0 Å². The van der Waals surface area contributed by atoms with Crippen molar-refractivity contribution < 1.29 is 0 Å². The first kappa shape index (κ1) is 31.9. The molecule has 0 bridgehead atoms. The number of fused-ring (bicyclic) bond motifs is 7. The molecule has 3 nitrogen and oxygen atoms in total. The van der Waals surface area contributed by atoms with Crippen LogP contribution in [0.5, 0.6) is 0 Å². The molecule has 1 spiro atoms. The zero-order valence-corrected chi connectivity index (χ0v) is 30.2. The number of hydrogen-bond donors (Lipinski definition) is 0. The molecule has 0 amide bonds. The molecular weight excluding hydrogens is 675 g/mol. The Morgan fingerprint density at radius 2 is 0.852 bits per heavy atom. The number of rotatable bonds is 7. The van der Waals surface area contributed by atoms with E-state index in [0.29, 0.717) is 17.5 Å². The van der Waals surface area contributed by atoms with Crippen molar-refractivity contribution in [1.29, 1.82) is 0 Å². The monoisotopic (exact) mass is 707 g/mol. The van der Waals surface area contributed by atoms with Crippen molar-refractivity contribution in [3.05, 3.63) is 217 Å². The fourth-order valence-electron chi connectivity index (χ4n) is 8.49. The Bertz CT molecular complexity index is 2720. The van der Waals surface area contributed by atoms with Crippen LogP contribution in [0.25, 0.3) is 71.7 Å². The van der Waals surface area contributed by atoms with Crippen molar-refractivity contribution in [2.24, 2.45) is 0 Å². The molecule has 2 aliphatic carbocycles. The highest BCUT2D eigenvalue weighted by molar-refractivity contribution is 7.19. The van der Waals surface area contributed by atoms with Crippen molar-refractivity contribution in [3.63, 3.8) is 0 Å². The van der Waals surface area contributed by atoms with Gasteiger partial charge in [0.1, 0.15) is 0 Å². The molecule has 0 saturated carbocycles. The van der Waals surface area contributed by atoms with E-state index in [4.69, 9.17) is 15.0 Å². The Morgan fingerprint density at radius 3 is 1.39 bits per heavy atom. The summed E-state index contributed by atoms with van der Waals surface area (Å²) < 4.78 is 0. The van der Waals surface area contributed by atoms with Crippen molar-refractivity contribution in [3.8, 4) is 66.2 Å². The van der Waals surface area contributed by atoms with E-state index in [9.17, 15) is 0 Å². The molecule has 2 aromatic heterocycles. The van der Waals surface area contributed by atoms with Gasteiger partial charge in [-0.1, -0.05) is 189 Å². The zero-order valence-electron chi connectivity index (χ0n) is 29.4. The second-order valence-corrected chi connectivity index (χ2v) is 14.6. The van der Waals surface area contributed by atoms with Crippen LogP contribution in [0.1, 0.15) is 22.3 Å². The average molecular weight is 708 g/mol. The molecule has 8 aromatic rings. The summed E-state index contributed by atoms with van der Waals surface area (Å²) >= 11 is 1.87. The van der Waals surface area contributed by atoms with Gasteiger partial charge >= 0.3 is 0 Å². The Hall–Kier alpha value is -6.75. The highest BCUT2D eigenvalue weighted by Crippen LogP contribution is 2.67. The first-order valence-corrected chi connectivity index (χ1v) is 18.9. The summed E-state index contributed by atoms with van der Waals surface area (Å²) in [4.78, 5) is 17.4. The summed E-state index contributed by atoms with van der Waals surface area (Å²) in [5.41, 5.74) is 14.5. The lowest BCUT2D eigenvalue weighted by atomic mass is 9.69. The lowest BCUT2D eigenvalue weighted by Crippen LogP contribution is -2.27. The van der Waals surface area contributed by atoms with E-state index in [1.54, 1.807) is 0 Å². The normalized spacial score (nSPS) is 15.2. The minimum atomic E-state index is -0.547. The number of thiophene rings is 1. The summed E-state index contributed by atoms with van der Waals surface area (Å²) in [6, 6.07) is 57.5. The fraction of sp³-hybridized carbons (Fsp3) is 0.0200. The molecule has 0 saturated heterocycles. The van der Waals surface area contributed by atoms with Gasteiger partial charge in [0.25, 0.3) is 0 Å². The van der Waals surface area contributed by atoms with Gasteiger partial charge in [-0.2, -0.15) is 0 Å².